The third-order valence-corrected chi connectivity index (χ3v) is 4.45. The van der Waals surface area contributed by atoms with Crippen LogP contribution in [0.2, 0.25) is 0 Å². The average Bonchev–Trinajstić information content (AvgIpc) is 2.57. The van der Waals surface area contributed by atoms with Gasteiger partial charge in [0.25, 0.3) is 0 Å². The Morgan fingerprint density at radius 3 is 2.50 bits per heavy atom. The SMILES string of the molecule is CC[N+]1=C(C)C(C)(C)c2c1ccc1ccccc21. The van der Waals surface area contributed by atoms with Crippen molar-refractivity contribution in [3.63, 3.8) is 0 Å². The Morgan fingerprint density at radius 1 is 1.06 bits per heavy atom. The van der Waals surface area contributed by atoms with Crippen LogP contribution >= 0.6 is 0 Å². The zero-order valence-corrected chi connectivity index (χ0v) is 11.6. The molecule has 0 spiro atoms. The predicted octanol–water partition coefficient (Wildman–Crippen LogP) is 4.26. The van der Waals surface area contributed by atoms with Crippen molar-refractivity contribution >= 4 is 22.2 Å². The van der Waals surface area contributed by atoms with Crippen molar-refractivity contribution in [2.24, 2.45) is 0 Å². The van der Waals surface area contributed by atoms with Gasteiger partial charge >= 0.3 is 0 Å². The Morgan fingerprint density at radius 2 is 1.78 bits per heavy atom. The quantitative estimate of drug-likeness (QED) is 0.653. The van der Waals surface area contributed by atoms with E-state index in [-0.39, 0.29) is 5.41 Å². The first-order chi connectivity index (χ1) is 8.57. The second-order valence-electron chi connectivity index (χ2n) is 5.64. The third-order valence-electron chi connectivity index (χ3n) is 4.45. The number of benzene rings is 2. The van der Waals surface area contributed by atoms with Gasteiger partial charge in [-0.25, -0.2) is 0 Å². The van der Waals surface area contributed by atoms with Crippen LogP contribution in [-0.4, -0.2) is 16.8 Å². The van der Waals surface area contributed by atoms with Crippen LogP contribution < -0.4 is 0 Å². The number of fused-ring (bicyclic) bond motifs is 3. The highest BCUT2D eigenvalue weighted by molar-refractivity contribution is 6.01. The minimum atomic E-state index is 0.131. The maximum absolute atomic E-state index is 2.45. The van der Waals surface area contributed by atoms with Crippen molar-refractivity contribution < 1.29 is 4.58 Å². The minimum absolute atomic E-state index is 0.131. The molecular formula is C17H20N+. The van der Waals surface area contributed by atoms with E-state index in [9.17, 15) is 0 Å². The van der Waals surface area contributed by atoms with Crippen molar-refractivity contribution in [2.45, 2.75) is 33.1 Å². The van der Waals surface area contributed by atoms with Gasteiger partial charge in [-0.2, -0.15) is 4.58 Å². The number of rotatable bonds is 1. The van der Waals surface area contributed by atoms with E-state index < -0.39 is 0 Å². The van der Waals surface area contributed by atoms with Crippen LogP contribution in [0, 0.1) is 0 Å². The molecule has 2 aromatic rings. The molecule has 1 aliphatic rings. The summed E-state index contributed by atoms with van der Waals surface area (Å²) in [5.41, 5.74) is 4.46. The van der Waals surface area contributed by atoms with Crippen LogP contribution in [0.3, 0.4) is 0 Å². The molecule has 0 saturated carbocycles. The summed E-state index contributed by atoms with van der Waals surface area (Å²) in [6.07, 6.45) is 0. The minimum Gasteiger partial charge on any atom is -0.199 e. The molecule has 0 atom stereocenters. The molecule has 2 aromatic carbocycles. The summed E-state index contributed by atoms with van der Waals surface area (Å²) < 4.78 is 2.45. The van der Waals surface area contributed by atoms with Crippen molar-refractivity contribution in [3.8, 4) is 0 Å². The first-order valence-electron chi connectivity index (χ1n) is 6.71. The van der Waals surface area contributed by atoms with Crippen LogP contribution in [0.5, 0.6) is 0 Å². The summed E-state index contributed by atoms with van der Waals surface area (Å²) in [6.45, 7) is 10.2. The van der Waals surface area contributed by atoms with Gasteiger partial charge in [0.1, 0.15) is 6.54 Å². The number of nitrogens with zero attached hydrogens (tertiary/aromatic N) is 1. The molecule has 0 fully saturated rings. The molecular weight excluding hydrogens is 218 g/mol. The van der Waals surface area contributed by atoms with Gasteiger partial charge in [-0.05, 0) is 37.6 Å². The van der Waals surface area contributed by atoms with E-state index >= 15 is 0 Å². The molecule has 0 bridgehead atoms. The molecule has 0 unspecified atom stereocenters. The summed E-state index contributed by atoms with van der Waals surface area (Å²) in [5.74, 6) is 0. The molecule has 0 aromatic heterocycles. The lowest BCUT2D eigenvalue weighted by Gasteiger charge is -2.17. The van der Waals surface area contributed by atoms with E-state index in [0.29, 0.717) is 0 Å². The Bertz CT molecular complexity index is 662. The van der Waals surface area contributed by atoms with Crippen LogP contribution in [0.4, 0.5) is 5.69 Å². The average molecular weight is 238 g/mol. The Kier molecular flexibility index (Phi) is 2.34. The first kappa shape index (κ1) is 11.5. The summed E-state index contributed by atoms with van der Waals surface area (Å²) in [5, 5.41) is 2.74. The summed E-state index contributed by atoms with van der Waals surface area (Å²) in [4.78, 5) is 0. The number of hydrogen-bond donors (Lipinski definition) is 0. The third kappa shape index (κ3) is 1.30. The summed E-state index contributed by atoms with van der Waals surface area (Å²) >= 11 is 0. The lowest BCUT2D eigenvalue weighted by Crippen LogP contribution is -2.26. The second-order valence-corrected chi connectivity index (χ2v) is 5.64. The molecule has 1 nitrogen and oxygen atoms in total. The molecule has 92 valence electrons. The molecule has 0 N–H and O–H groups in total. The molecule has 1 heteroatoms. The van der Waals surface area contributed by atoms with Gasteiger partial charge < -0.3 is 0 Å². The molecule has 0 saturated heterocycles. The van der Waals surface area contributed by atoms with Gasteiger partial charge in [0.15, 0.2) is 5.71 Å². The van der Waals surface area contributed by atoms with Gasteiger partial charge in [-0.15, -0.1) is 0 Å². The van der Waals surface area contributed by atoms with E-state index in [2.05, 4.69) is 68.7 Å². The fourth-order valence-electron chi connectivity index (χ4n) is 3.25. The van der Waals surface area contributed by atoms with Gasteiger partial charge in [0.05, 0.1) is 5.41 Å². The zero-order valence-electron chi connectivity index (χ0n) is 11.6. The van der Waals surface area contributed by atoms with Crippen LogP contribution in [-0.2, 0) is 5.41 Å². The van der Waals surface area contributed by atoms with Crippen molar-refractivity contribution in [1.82, 2.24) is 0 Å². The van der Waals surface area contributed by atoms with Gasteiger partial charge in [-0.3, -0.25) is 0 Å². The van der Waals surface area contributed by atoms with Crippen LogP contribution in [0.1, 0.15) is 33.3 Å². The van der Waals surface area contributed by atoms with Crippen molar-refractivity contribution in [1.29, 1.82) is 0 Å². The maximum atomic E-state index is 2.45. The highest BCUT2D eigenvalue weighted by atomic mass is 15.0. The summed E-state index contributed by atoms with van der Waals surface area (Å²) in [7, 11) is 0. The van der Waals surface area contributed by atoms with Crippen LogP contribution in [0.25, 0.3) is 10.8 Å². The molecule has 3 rings (SSSR count). The maximum Gasteiger partial charge on any atom is 0.210 e. The van der Waals surface area contributed by atoms with Gasteiger partial charge in [0, 0.05) is 18.6 Å². The second kappa shape index (κ2) is 3.68. The Hall–Kier alpha value is -1.63. The van der Waals surface area contributed by atoms with E-state index in [1.54, 1.807) is 0 Å². The fraction of sp³-hybridized carbons (Fsp3) is 0.353. The zero-order chi connectivity index (χ0) is 12.9. The smallest absolute Gasteiger partial charge is 0.199 e. The number of hydrogen-bond acceptors (Lipinski definition) is 0. The van der Waals surface area contributed by atoms with Gasteiger partial charge in [0.2, 0.25) is 5.69 Å². The molecule has 18 heavy (non-hydrogen) atoms. The monoisotopic (exact) mass is 238 g/mol. The van der Waals surface area contributed by atoms with Crippen molar-refractivity contribution in [2.75, 3.05) is 6.54 Å². The molecule has 0 radical (unpaired) electrons. The molecule has 0 aliphatic carbocycles. The Labute approximate surface area is 109 Å². The van der Waals surface area contributed by atoms with Crippen LogP contribution in [0.15, 0.2) is 36.4 Å². The predicted molar refractivity (Wildman–Crippen MR) is 78.1 cm³/mol. The molecule has 0 amide bonds. The summed E-state index contributed by atoms with van der Waals surface area (Å²) in [6, 6.07) is 13.2. The standard InChI is InChI=1S/C17H20N/c1-5-18-12(2)17(3,4)16-14-9-7-6-8-13(14)10-11-15(16)18/h6-11H,5H2,1-4H3/q+1. The largest absolute Gasteiger partial charge is 0.210 e. The van der Waals surface area contributed by atoms with Crippen molar-refractivity contribution in [3.05, 3.63) is 42.0 Å². The lowest BCUT2D eigenvalue weighted by atomic mass is 9.80. The lowest BCUT2D eigenvalue weighted by molar-refractivity contribution is -0.434. The van der Waals surface area contributed by atoms with E-state index in [0.717, 1.165) is 6.54 Å². The highest BCUT2D eigenvalue weighted by Crippen LogP contribution is 2.43. The molecule has 1 aliphatic heterocycles. The first-order valence-corrected chi connectivity index (χ1v) is 6.71. The fourth-order valence-corrected chi connectivity index (χ4v) is 3.25. The van der Waals surface area contributed by atoms with Gasteiger partial charge in [-0.1, -0.05) is 24.3 Å². The van der Waals surface area contributed by atoms with E-state index in [1.165, 1.54) is 27.7 Å². The Balaban J connectivity index is 2.43. The normalized spacial score (nSPS) is 17.3. The molecule has 1 heterocycles. The highest BCUT2D eigenvalue weighted by Gasteiger charge is 2.43. The topological polar surface area (TPSA) is 3.01 Å². The van der Waals surface area contributed by atoms with E-state index in [1.807, 2.05) is 0 Å². The van der Waals surface area contributed by atoms with E-state index in [4.69, 9.17) is 0 Å².